The predicted molar refractivity (Wildman–Crippen MR) is 113 cm³/mol. The Morgan fingerprint density at radius 1 is 1.30 bits per heavy atom. The lowest BCUT2D eigenvalue weighted by Crippen LogP contribution is -2.58. The van der Waals surface area contributed by atoms with Crippen LogP contribution in [0.15, 0.2) is 34.9 Å². The van der Waals surface area contributed by atoms with Crippen molar-refractivity contribution < 1.29 is 18.3 Å². The molecule has 1 spiro atoms. The molecule has 0 N–H and O–H groups in total. The minimum atomic E-state index is -0.757. The number of furan rings is 1. The molecule has 0 radical (unpaired) electrons. The lowest BCUT2D eigenvalue weighted by atomic mass is 9.76. The second kappa shape index (κ2) is 7.97. The van der Waals surface area contributed by atoms with Crippen LogP contribution in [0.2, 0.25) is 0 Å². The summed E-state index contributed by atoms with van der Waals surface area (Å²) >= 11 is 0. The summed E-state index contributed by atoms with van der Waals surface area (Å²) in [6, 6.07) is 8.04. The Balaban J connectivity index is 1.35. The first-order valence-electron chi connectivity index (χ1n) is 11.3. The molecule has 1 aliphatic carbocycles. The summed E-state index contributed by atoms with van der Waals surface area (Å²) < 4.78 is 25.7. The van der Waals surface area contributed by atoms with Crippen molar-refractivity contribution in [3.05, 3.63) is 36.1 Å². The fourth-order valence-corrected chi connectivity index (χ4v) is 5.89. The van der Waals surface area contributed by atoms with Crippen LogP contribution in [0.25, 0.3) is 11.0 Å². The van der Waals surface area contributed by atoms with E-state index in [4.69, 9.17) is 9.15 Å². The highest BCUT2D eigenvalue weighted by molar-refractivity contribution is 5.87. The van der Waals surface area contributed by atoms with E-state index in [2.05, 4.69) is 4.90 Å². The number of carbonyl (C=O) groups is 1. The maximum absolute atomic E-state index is 14.0. The third-order valence-electron chi connectivity index (χ3n) is 7.56. The van der Waals surface area contributed by atoms with E-state index in [1.165, 1.54) is 0 Å². The fourth-order valence-electron chi connectivity index (χ4n) is 5.89. The van der Waals surface area contributed by atoms with Gasteiger partial charge in [-0.1, -0.05) is 12.1 Å². The highest BCUT2D eigenvalue weighted by atomic mass is 19.1. The highest BCUT2D eigenvalue weighted by Crippen LogP contribution is 2.43. The third-order valence-corrected chi connectivity index (χ3v) is 7.56. The number of fused-ring (bicyclic) bond motifs is 1. The molecule has 4 atom stereocenters. The highest BCUT2D eigenvalue weighted by Gasteiger charge is 2.48. The van der Waals surface area contributed by atoms with E-state index in [-0.39, 0.29) is 23.6 Å². The Morgan fingerprint density at radius 2 is 2.20 bits per heavy atom. The van der Waals surface area contributed by atoms with Crippen LogP contribution < -0.4 is 0 Å². The van der Waals surface area contributed by atoms with E-state index in [0.717, 1.165) is 61.8 Å². The first-order valence-corrected chi connectivity index (χ1v) is 11.3. The molecule has 1 aromatic heterocycles. The normalized spacial score (nSPS) is 32.3. The van der Waals surface area contributed by atoms with Crippen molar-refractivity contribution >= 4 is 16.9 Å². The van der Waals surface area contributed by atoms with E-state index in [9.17, 15) is 9.18 Å². The summed E-state index contributed by atoms with van der Waals surface area (Å²) in [5.74, 6) is 0.109. The molecule has 6 heteroatoms. The van der Waals surface area contributed by atoms with Crippen molar-refractivity contribution in [1.82, 2.24) is 9.80 Å². The number of likely N-dealkylation sites (N-methyl/N-ethyl adjacent to an activating group) is 1. The summed E-state index contributed by atoms with van der Waals surface area (Å²) in [5.41, 5.74) is 1.73. The number of likely N-dealkylation sites (tertiary alicyclic amines) is 1. The number of hydrogen-bond donors (Lipinski definition) is 0. The van der Waals surface area contributed by atoms with Gasteiger partial charge in [-0.15, -0.1) is 0 Å². The van der Waals surface area contributed by atoms with Gasteiger partial charge in [-0.05, 0) is 56.2 Å². The summed E-state index contributed by atoms with van der Waals surface area (Å²) in [5, 5.41) is 0.998. The molecule has 3 aliphatic rings. The Morgan fingerprint density at radius 3 is 2.97 bits per heavy atom. The largest absolute Gasteiger partial charge is 0.464 e. The van der Waals surface area contributed by atoms with Crippen LogP contribution in [-0.2, 0) is 16.0 Å². The number of carbonyl (C=O) groups excluding carboxylic acids is 1. The smallest absolute Gasteiger partial charge is 0.227 e. The van der Waals surface area contributed by atoms with Crippen LogP contribution in [0.4, 0.5) is 4.39 Å². The molecule has 2 aliphatic heterocycles. The molecule has 2 aromatic rings. The average Bonchev–Trinajstić information content (AvgIpc) is 3.49. The Kier molecular flexibility index (Phi) is 5.31. The Labute approximate surface area is 177 Å². The zero-order valence-corrected chi connectivity index (χ0v) is 17.7. The molecule has 162 valence electrons. The van der Waals surface area contributed by atoms with Crippen LogP contribution in [0, 0.1) is 0 Å². The molecular weight excluding hydrogens is 383 g/mol. The number of nitrogens with zero attached hydrogens (tertiary/aromatic N) is 2. The number of ether oxygens (including phenoxy) is 1. The fraction of sp³-hybridized carbons (Fsp3) is 0.625. The van der Waals surface area contributed by atoms with Crippen molar-refractivity contribution in [2.24, 2.45) is 0 Å². The van der Waals surface area contributed by atoms with Gasteiger partial charge in [-0.2, -0.15) is 0 Å². The van der Waals surface area contributed by atoms with Crippen LogP contribution in [-0.4, -0.2) is 66.3 Å². The summed E-state index contributed by atoms with van der Waals surface area (Å²) in [7, 11) is 1.92. The average molecular weight is 415 g/mol. The number of benzene rings is 1. The third kappa shape index (κ3) is 3.65. The topological polar surface area (TPSA) is 45.9 Å². The SMILES string of the molecule is CN(C(=O)Cc1cccc2occc12)[C@H]1CC[C@@]2(CCCO2)C[C@@H]1N1CC[C@@H](F)C1. The standard InChI is InChI=1S/C24H31FN2O3/c1-26(23(28)14-17-4-2-5-22-19(17)8-13-29-22)20-6-10-24(9-3-12-30-24)15-21(20)27-11-7-18(25)16-27/h2,4-5,8,13,18,20-21H,3,6-7,9-12,14-16H2,1H3/t18-,20+,21+,24+/m1/s1. The molecule has 0 unspecified atom stereocenters. The van der Waals surface area contributed by atoms with E-state index in [1.54, 1.807) is 6.26 Å². The number of rotatable bonds is 4. The predicted octanol–water partition coefficient (Wildman–Crippen LogP) is 3.95. The van der Waals surface area contributed by atoms with Gasteiger partial charge in [0.25, 0.3) is 0 Å². The summed E-state index contributed by atoms with van der Waals surface area (Å²) in [4.78, 5) is 17.5. The van der Waals surface area contributed by atoms with Crippen molar-refractivity contribution in [1.29, 1.82) is 0 Å². The summed E-state index contributed by atoms with van der Waals surface area (Å²) in [6.45, 7) is 2.08. The van der Waals surface area contributed by atoms with Crippen molar-refractivity contribution in [2.45, 2.75) is 68.8 Å². The van der Waals surface area contributed by atoms with E-state index >= 15 is 0 Å². The van der Waals surface area contributed by atoms with Gasteiger partial charge >= 0.3 is 0 Å². The number of hydrogen-bond acceptors (Lipinski definition) is 4. The van der Waals surface area contributed by atoms with Gasteiger partial charge in [0.05, 0.1) is 18.3 Å². The van der Waals surface area contributed by atoms with Crippen LogP contribution in [0.1, 0.15) is 44.1 Å². The first-order chi connectivity index (χ1) is 14.5. The zero-order chi connectivity index (χ0) is 20.7. The quantitative estimate of drug-likeness (QED) is 0.760. The van der Waals surface area contributed by atoms with E-state index in [1.807, 2.05) is 36.2 Å². The van der Waals surface area contributed by atoms with Gasteiger partial charge < -0.3 is 14.1 Å². The van der Waals surface area contributed by atoms with Crippen LogP contribution >= 0.6 is 0 Å². The zero-order valence-electron chi connectivity index (χ0n) is 17.7. The molecule has 5 rings (SSSR count). The van der Waals surface area contributed by atoms with Gasteiger partial charge in [-0.25, -0.2) is 4.39 Å². The lowest BCUT2D eigenvalue weighted by molar-refractivity contribution is -0.136. The molecule has 1 amide bonds. The number of halogens is 1. The van der Waals surface area contributed by atoms with E-state index in [0.29, 0.717) is 19.4 Å². The van der Waals surface area contributed by atoms with Gasteiger partial charge in [-0.3, -0.25) is 9.69 Å². The maximum Gasteiger partial charge on any atom is 0.227 e. The van der Waals surface area contributed by atoms with Gasteiger partial charge in [0, 0.05) is 44.2 Å². The lowest BCUT2D eigenvalue weighted by Gasteiger charge is -2.48. The molecule has 2 saturated heterocycles. The minimum absolute atomic E-state index is 0.0676. The minimum Gasteiger partial charge on any atom is -0.464 e. The molecular formula is C24H31FN2O3. The van der Waals surface area contributed by atoms with Gasteiger partial charge in [0.15, 0.2) is 0 Å². The van der Waals surface area contributed by atoms with Crippen molar-refractivity contribution in [3.63, 3.8) is 0 Å². The van der Waals surface area contributed by atoms with Crippen LogP contribution in [0.3, 0.4) is 0 Å². The molecule has 1 aromatic carbocycles. The second-order valence-corrected chi connectivity index (χ2v) is 9.32. The summed E-state index contributed by atoms with van der Waals surface area (Å²) in [6.07, 6.45) is 6.84. The monoisotopic (exact) mass is 414 g/mol. The van der Waals surface area contributed by atoms with Crippen molar-refractivity contribution in [2.75, 3.05) is 26.7 Å². The maximum atomic E-state index is 14.0. The van der Waals surface area contributed by atoms with Crippen molar-refractivity contribution in [3.8, 4) is 0 Å². The Hall–Kier alpha value is -1.92. The van der Waals surface area contributed by atoms with Crippen LogP contribution in [0.5, 0.6) is 0 Å². The number of alkyl halides is 1. The second-order valence-electron chi connectivity index (χ2n) is 9.32. The molecule has 30 heavy (non-hydrogen) atoms. The molecule has 5 nitrogen and oxygen atoms in total. The molecule has 3 heterocycles. The first kappa shape index (κ1) is 20.0. The number of amides is 1. The molecule has 1 saturated carbocycles. The molecule has 0 bridgehead atoms. The molecule has 3 fully saturated rings. The van der Waals surface area contributed by atoms with E-state index < -0.39 is 6.17 Å². The van der Waals surface area contributed by atoms with Gasteiger partial charge in [0.2, 0.25) is 5.91 Å². The Bertz CT molecular complexity index is 907. The van der Waals surface area contributed by atoms with Gasteiger partial charge in [0.1, 0.15) is 11.8 Å².